The van der Waals surface area contributed by atoms with E-state index in [1.54, 1.807) is 31.4 Å². The molecule has 0 aliphatic rings. The molecular formula is C17H24N2O6S. The van der Waals surface area contributed by atoms with Gasteiger partial charge in [0.15, 0.2) is 6.61 Å². The van der Waals surface area contributed by atoms with E-state index in [9.17, 15) is 14.4 Å². The van der Waals surface area contributed by atoms with Crippen LogP contribution >= 0.6 is 11.8 Å². The quantitative estimate of drug-likeness (QED) is 0.307. The number of esters is 1. The molecule has 0 fully saturated rings. The second kappa shape index (κ2) is 13.2. The van der Waals surface area contributed by atoms with E-state index in [0.717, 1.165) is 0 Å². The van der Waals surface area contributed by atoms with E-state index >= 15 is 0 Å². The Morgan fingerprint density at radius 3 is 2.23 bits per heavy atom. The molecule has 0 heterocycles. The van der Waals surface area contributed by atoms with Crippen LogP contribution in [0.4, 0.5) is 0 Å². The van der Waals surface area contributed by atoms with Crippen molar-refractivity contribution in [2.75, 3.05) is 52.9 Å². The van der Waals surface area contributed by atoms with E-state index in [2.05, 4.69) is 10.6 Å². The van der Waals surface area contributed by atoms with E-state index in [-0.39, 0.29) is 18.3 Å². The van der Waals surface area contributed by atoms with Crippen LogP contribution in [0.3, 0.4) is 0 Å². The van der Waals surface area contributed by atoms with E-state index in [1.165, 1.54) is 18.9 Å². The van der Waals surface area contributed by atoms with Crippen LogP contribution in [0.25, 0.3) is 0 Å². The van der Waals surface area contributed by atoms with E-state index in [0.29, 0.717) is 36.8 Å². The Bertz CT molecular complexity index is 596. The summed E-state index contributed by atoms with van der Waals surface area (Å²) in [4.78, 5) is 36.1. The lowest BCUT2D eigenvalue weighted by Crippen LogP contribution is -2.31. The van der Waals surface area contributed by atoms with Gasteiger partial charge in [-0.25, -0.2) is 4.79 Å². The van der Waals surface area contributed by atoms with Crippen molar-refractivity contribution in [2.45, 2.75) is 4.90 Å². The first kappa shape index (κ1) is 21.9. The molecule has 1 aromatic carbocycles. The number of amides is 2. The van der Waals surface area contributed by atoms with Gasteiger partial charge in [0.25, 0.3) is 5.91 Å². The Balaban J connectivity index is 2.50. The molecule has 0 saturated carbocycles. The number of rotatable bonds is 12. The number of thioether (sulfide) groups is 1. The highest BCUT2D eigenvalue weighted by Crippen LogP contribution is 2.23. The zero-order valence-corrected chi connectivity index (χ0v) is 15.7. The van der Waals surface area contributed by atoms with Gasteiger partial charge in [0.1, 0.15) is 0 Å². The molecule has 0 saturated heterocycles. The minimum Gasteiger partial charge on any atom is -0.452 e. The summed E-state index contributed by atoms with van der Waals surface area (Å²) in [5, 5.41) is 5.26. The van der Waals surface area contributed by atoms with Gasteiger partial charge >= 0.3 is 5.97 Å². The van der Waals surface area contributed by atoms with Gasteiger partial charge in [0, 0.05) is 32.2 Å². The lowest BCUT2D eigenvalue weighted by molar-refractivity contribution is -0.124. The van der Waals surface area contributed by atoms with E-state index < -0.39 is 11.9 Å². The van der Waals surface area contributed by atoms with Gasteiger partial charge < -0.3 is 24.8 Å². The second-order valence-corrected chi connectivity index (χ2v) is 6.06. The molecule has 0 unspecified atom stereocenters. The minimum absolute atomic E-state index is 0.158. The van der Waals surface area contributed by atoms with Crippen LogP contribution in [-0.4, -0.2) is 70.7 Å². The third kappa shape index (κ3) is 8.84. The first-order chi connectivity index (χ1) is 12.6. The lowest BCUT2D eigenvalue weighted by Gasteiger charge is -2.10. The molecule has 0 spiro atoms. The Morgan fingerprint density at radius 1 is 0.962 bits per heavy atom. The van der Waals surface area contributed by atoms with Crippen LogP contribution in [0.15, 0.2) is 29.2 Å². The van der Waals surface area contributed by atoms with Crippen molar-refractivity contribution in [3.05, 3.63) is 29.8 Å². The lowest BCUT2D eigenvalue weighted by atomic mass is 10.2. The molecule has 0 radical (unpaired) electrons. The largest absolute Gasteiger partial charge is 0.452 e. The van der Waals surface area contributed by atoms with Crippen molar-refractivity contribution in [1.29, 1.82) is 0 Å². The number of ether oxygens (including phenoxy) is 3. The van der Waals surface area contributed by atoms with Crippen LogP contribution in [0.5, 0.6) is 0 Å². The summed E-state index contributed by atoms with van der Waals surface area (Å²) < 4.78 is 14.7. The van der Waals surface area contributed by atoms with Gasteiger partial charge in [0.05, 0.1) is 24.5 Å². The molecule has 9 heteroatoms. The van der Waals surface area contributed by atoms with Crippen molar-refractivity contribution < 1.29 is 28.6 Å². The number of hydrogen-bond acceptors (Lipinski definition) is 7. The van der Waals surface area contributed by atoms with Crippen molar-refractivity contribution in [1.82, 2.24) is 10.6 Å². The maximum absolute atomic E-state index is 12.2. The molecule has 8 nitrogen and oxygen atoms in total. The molecule has 0 aliphatic carbocycles. The van der Waals surface area contributed by atoms with Crippen molar-refractivity contribution in [2.24, 2.45) is 0 Å². The fraction of sp³-hybridized carbons (Fsp3) is 0.471. The van der Waals surface area contributed by atoms with Crippen LogP contribution < -0.4 is 10.6 Å². The fourth-order valence-electron chi connectivity index (χ4n) is 1.80. The van der Waals surface area contributed by atoms with Gasteiger partial charge in [-0.15, -0.1) is 11.8 Å². The van der Waals surface area contributed by atoms with Crippen LogP contribution in [0.1, 0.15) is 10.4 Å². The number of carbonyl (C=O) groups excluding carboxylic acids is 3. The van der Waals surface area contributed by atoms with E-state index in [4.69, 9.17) is 14.2 Å². The smallest absolute Gasteiger partial charge is 0.339 e. The third-order valence-corrected chi connectivity index (χ3v) is 4.13. The van der Waals surface area contributed by atoms with Crippen LogP contribution in [0.2, 0.25) is 0 Å². The summed E-state index contributed by atoms with van der Waals surface area (Å²) in [5.41, 5.74) is 0.312. The molecule has 0 atom stereocenters. The summed E-state index contributed by atoms with van der Waals surface area (Å²) in [6.45, 7) is 1.21. The van der Waals surface area contributed by atoms with Gasteiger partial charge in [-0.1, -0.05) is 12.1 Å². The SMILES string of the molecule is COCCNC(=O)COC(=O)c1ccccc1SCC(=O)NCCOC. The number of methoxy groups -OCH3 is 2. The number of carbonyl (C=O) groups is 3. The standard InChI is InChI=1S/C17H24N2O6S/c1-23-9-7-18-15(20)11-25-17(22)13-5-3-4-6-14(13)26-12-16(21)19-8-10-24-2/h3-6H,7-12H2,1-2H3,(H,18,20)(H,19,21). The zero-order valence-electron chi connectivity index (χ0n) is 14.9. The second-order valence-electron chi connectivity index (χ2n) is 5.05. The van der Waals surface area contributed by atoms with Gasteiger partial charge in [-0.05, 0) is 12.1 Å². The molecule has 0 aromatic heterocycles. The average Bonchev–Trinajstić information content (AvgIpc) is 2.65. The summed E-state index contributed by atoms with van der Waals surface area (Å²) in [5.74, 6) is -1.02. The monoisotopic (exact) mass is 384 g/mol. The Hall–Kier alpha value is -2.10. The third-order valence-electron chi connectivity index (χ3n) is 3.06. The number of benzene rings is 1. The molecule has 2 amide bonds. The van der Waals surface area contributed by atoms with Gasteiger partial charge in [-0.3, -0.25) is 9.59 Å². The normalized spacial score (nSPS) is 10.2. The first-order valence-corrected chi connectivity index (χ1v) is 8.97. The van der Waals surface area contributed by atoms with Crippen LogP contribution in [0, 0.1) is 0 Å². The average molecular weight is 384 g/mol. The minimum atomic E-state index is -0.616. The summed E-state index contributed by atoms with van der Waals surface area (Å²) in [6.07, 6.45) is 0. The van der Waals surface area contributed by atoms with E-state index in [1.807, 2.05) is 0 Å². The van der Waals surface area contributed by atoms with Gasteiger partial charge in [-0.2, -0.15) is 0 Å². The molecule has 0 aliphatic heterocycles. The number of hydrogen-bond donors (Lipinski definition) is 2. The maximum Gasteiger partial charge on any atom is 0.339 e. The Kier molecular flexibility index (Phi) is 11.1. The summed E-state index contributed by atoms with van der Waals surface area (Å²) >= 11 is 1.22. The molecule has 26 heavy (non-hydrogen) atoms. The van der Waals surface area contributed by atoms with Crippen molar-refractivity contribution >= 4 is 29.5 Å². The zero-order chi connectivity index (χ0) is 19.2. The highest BCUT2D eigenvalue weighted by Gasteiger charge is 2.15. The maximum atomic E-state index is 12.2. The molecule has 0 bridgehead atoms. The van der Waals surface area contributed by atoms with Crippen LogP contribution in [-0.2, 0) is 23.8 Å². The molecule has 144 valence electrons. The predicted octanol–water partition coefficient (Wildman–Crippen LogP) is 0.461. The van der Waals surface area contributed by atoms with Crippen molar-refractivity contribution in [3.8, 4) is 0 Å². The van der Waals surface area contributed by atoms with Crippen molar-refractivity contribution in [3.63, 3.8) is 0 Å². The van der Waals surface area contributed by atoms with Gasteiger partial charge in [0.2, 0.25) is 5.91 Å². The topological polar surface area (TPSA) is 103 Å². The Morgan fingerprint density at radius 2 is 1.58 bits per heavy atom. The molecule has 1 aromatic rings. The highest BCUT2D eigenvalue weighted by atomic mass is 32.2. The molecule has 2 N–H and O–H groups in total. The fourth-order valence-corrected chi connectivity index (χ4v) is 2.67. The number of nitrogens with one attached hydrogen (secondary N) is 2. The molecular weight excluding hydrogens is 360 g/mol. The summed E-state index contributed by atoms with van der Waals surface area (Å²) in [6, 6.07) is 6.77. The summed E-state index contributed by atoms with van der Waals surface area (Å²) in [7, 11) is 3.08. The predicted molar refractivity (Wildman–Crippen MR) is 97.2 cm³/mol. The Labute approximate surface area is 156 Å². The first-order valence-electron chi connectivity index (χ1n) is 7.98. The highest BCUT2D eigenvalue weighted by molar-refractivity contribution is 8.00. The molecule has 1 rings (SSSR count).